The van der Waals surface area contributed by atoms with Gasteiger partial charge in [-0.15, -0.1) is 10.2 Å². The molecule has 2 N–H and O–H groups in total. The van der Waals surface area contributed by atoms with E-state index >= 15 is 0 Å². The van der Waals surface area contributed by atoms with E-state index < -0.39 is 0 Å². The maximum atomic E-state index is 4.72. The van der Waals surface area contributed by atoms with Gasteiger partial charge in [-0.05, 0) is 25.8 Å². The highest BCUT2D eigenvalue weighted by Crippen LogP contribution is 2.11. The zero-order valence-electron chi connectivity index (χ0n) is 16.5. The molecule has 0 saturated heterocycles. The third-order valence-electron chi connectivity index (χ3n) is 4.54. The van der Waals surface area contributed by atoms with Gasteiger partial charge in [0.15, 0.2) is 11.8 Å². The van der Waals surface area contributed by atoms with E-state index in [4.69, 9.17) is 4.99 Å². The van der Waals surface area contributed by atoms with Crippen LogP contribution in [-0.4, -0.2) is 27.3 Å². The van der Waals surface area contributed by atoms with Crippen LogP contribution in [0.1, 0.15) is 62.8 Å². The van der Waals surface area contributed by atoms with Crippen LogP contribution in [0.5, 0.6) is 0 Å². The van der Waals surface area contributed by atoms with Gasteiger partial charge in [0.25, 0.3) is 0 Å². The van der Waals surface area contributed by atoms with Crippen LogP contribution < -0.4 is 10.6 Å². The van der Waals surface area contributed by atoms with Gasteiger partial charge in [0.1, 0.15) is 12.4 Å². The molecule has 1 aromatic carbocycles. The smallest absolute Gasteiger partial charge is 0.192 e. The molecule has 0 aliphatic heterocycles. The number of benzene rings is 1. The van der Waals surface area contributed by atoms with Crippen LogP contribution in [0, 0.1) is 6.92 Å². The Hall–Kier alpha value is -2.37. The molecule has 1 aromatic heterocycles. The first kappa shape index (κ1) is 19.9. The van der Waals surface area contributed by atoms with E-state index in [1.54, 1.807) is 0 Å². The van der Waals surface area contributed by atoms with Crippen molar-refractivity contribution >= 4 is 5.96 Å². The number of guanidine groups is 1. The lowest BCUT2D eigenvalue weighted by molar-refractivity contribution is 0.630. The lowest BCUT2D eigenvalue weighted by atomic mass is 10.1. The van der Waals surface area contributed by atoms with Crippen molar-refractivity contribution in [3.05, 3.63) is 47.5 Å². The molecule has 1 heterocycles. The van der Waals surface area contributed by atoms with E-state index in [0.717, 1.165) is 30.6 Å². The summed E-state index contributed by atoms with van der Waals surface area (Å²) in [7, 11) is 1.97. The van der Waals surface area contributed by atoms with Crippen molar-refractivity contribution in [1.29, 1.82) is 0 Å². The molecule has 0 amide bonds. The minimum absolute atomic E-state index is 0.180. The normalized spacial score (nSPS) is 12.8. The number of nitrogens with one attached hydrogen (secondary N) is 2. The van der Waals surface area contributed by atoms with Crippen molar-refractivity contribution in [2.75, 3.05) is 6.54 Å². The summed E-state index contributed by atoms with van der Waals surface area (Å²) < 4.78 is 1.98. The van der Waals surface area contributed by atoms with Crippen LogP contribution in [0.15, 0.2) is 35.3 Å². The molecule has 0 fully saturated rings. The van der Waals surface area contributed by atoms with Crippen LogP contribution in [0.2, 0.25) is 0 Å². The summed E-state index contributed by atoms with van der Waals surface area (Å²) in [5.74, 6) is 2.58. The average molecular weight is 357 g/mol. The van der Waals surface area contributed by atoms with Gasteiger partial charge in [0.05, 0.1) is 6.04 Å². The maximum absolute atomic E-state index is 4.72. The number of aromatic nitrogens is 3. The number of hydrogen-bond donors (Lipinski definition) is 2. The van der Waals surface area contributed by atoms with Gasteiger partial charge in [0, 0.05) is 13.6 Å². The first-order chi connectivity index (χ1) is 12.6. The fourth-order valence-electron chi connectivity index (χ4n) is 2.68. The number of aliphatic imine (C=N–C) groups is 1. The lowest BCUT2D eigenvalue weighted by Gasteiger charge is -2.18. The molecule has 26 heavy (non-hydrogen) atoms. The summed E-state index contributed by atoms with van der Waals surface area (Å²) in [6.45, 7) is 7.75. The maximum Gasteiger partial charge on any atom is 0.192 e. The highest BCUT2D eigenvalue weighted by molar-refractivity contribution is 5.80. The van der Waals surface area contributed by atoms with Gasteiger partial charge in [-0.2, -0.15) is 0 Å². The van der Waals surface area contributed by atoms with Crippen LogP contribution >= 0.6 is 0 Å². The van der Waals surface area contributed by atoms with Crippen molar-refractivity contribution in [2.45, 2.75) is 59.0 Å². The van der Waals surface area contributed by atoms with Crippen LogP contribution in [0.3, 0.4) is 0 Å². The molecule has 0 radical (unpaired) electrons. The van der Waals surface area contributed by atoms with Gasteiger partial charge < -0.3 is 15.2 Å². The average Bonchev–Trinajstić information content (AvgIpc) is 2.98. The number of unbranched alkanes of at least 4 members (excludes halogenated alkanes) is 3. The van der Waals surface area contributed by atoms with E-state index in [1.807, 2.05) is 24.6 Å². The monoisotopic (exact) mass is 356 g/mol. The minimum Gasteiger partial charge on any atom is -0.356 e. The third-order valence-corrected chi connectivity index (χ3v) is 4.54. The van der Waals surface area contributed by atoms with E-state index in [-0.39, 0.29) is 6.04 Å². The molecule has 0 aliphatic rings. The van der Waals surface area contributed by atoms with Crippen molar-refractivity contribution in [3.63, 3.8) is 0 Å². The zero-order valence-corrected chi connectivity index (χ0v) is 16.5. The van der Waals surface area contributed by atoms with Gasteiger partial charge in [-0.1, -0.05) is 56.5 Å². The Kier molecular flexibility index (Phi) is 8.12. The Morgan fingerprint density at radius 3 is 2.58 bits per heavy atom. The molecule has 0 spiro atoms. The van der Waals surface area contributed by atoms with E-state index in [1.165, 1.54) is 24.8 Å². The Balaban J connectivity index is 2.00. The van der Waals surface area contributed by atoms with Crippen LogP contribution in [-0.2, 0) is 13.6 Å². The molecule has 0 bridgehead atoms. The number of rotatable bonds is 9. The Labute approximate surface area is 157 Å². The van der Waals surface area contributed by atoms with Crippen LogP contribution in [0.4, 0.5) is 0 Å². The van der Waals surface area contributed by atoms with E-state index in [2.05, 4.69) is 58.9 Å². The summed E-state index contributed by atoms with van der Waals surface area (Å²) in [4.78, 5) is 4.72. The highest BCUT2D eigenvalue weighted by Gasteiger charge is 2.09. The molecule has 6 nitrogen and oxygen atoms in total. The first-order valence-electron chi connectivity index (χ1n) is 9.56. The predicted molar refractivity (Wildman–Crippen MR) is 107 cm³/mol. The number of nitrogens with zero attached hydrogens (tertiary/aromatic N) is 4. The fraction of sp³-hybridized carbons (Fsp3) is 0.550. The minimum atomic E-state index is 0.180. The molecule has 1 atom stereocenters. The van der Waals surface area contributed by atoms with Gasteiger partial charge >= 0.3 is 0 Å². The summed E-state index contributed by atoms with van der Waals surface area (Å²) in [5.41, 5.74) is 1.24. The molecule has 0 aliphatic carbocycles. The fourth-order valence-corrected chi connectivity index (χ4v) is 2.68. The molecule has 6 heteroatoms. The first-order valence-corrected chi connectivity index (χ1v) is 9.56. The predicted octanol–water partition coefficient (Wildman–Crippen LogP) is 3.50. The Bertz CT molecular complexity index is 677. The van der Waals surface area contributed by atoms with Crippen molar-refractivity contribution in [3.8, 4) is 0 Å². The third kappa shape index (κ3) is 6.17. The molecule has 1 unspecified atom stereocenters. The zero-order chi connectivity index (χ0) is 18.8. The van der Waals surface area contributed by atoms with Gasteiger partial charge in [-0.25, -0.2) is 4.99 Å². The van der Waals surface area contributed by atoms with Gasteiger partial charge in [-0.3, -0.25) is 0 Å². The Morgan fingerprint density at radius 1 is 1.15 bits per heavy atom. The van der Waals surface area contributed by atoms with Crippen LogP contribution in [0.25, 0.3) is 0 Å². The summed E-state index contributed by atoms with van der Waals surface area (Å²) >= 11 is 0. The summed E-state index contributed by atoms with van der Waals surface area (Å²) in [6.07, 6.45) is 4.92. The molecular formula is C20H32N6. The topological polar surface area (TPSA) is 67.1 Å². The van der Waals surface area contributed by atoms with Crippen molar-refractivity contribution in [1.82, 2.24) is 25.4 Å². The second kappa shape index (κ2) is 10.6. The van der Waals surface area contributed by atoms with Crippen molar-refractivity contribution in [2.24, 2.45) is 12.0 Å². The van der Waals surface area contributed by atoms with Crippen molar-refractivity contribution < 1.29 is 0 Å². The SMILES string of the molecule is CCCCCCNC(=NCc1nnc(C)n1C)NC(C)c1ccccc1. The largest absolute Gasteiger partial charge is 0.356 e. The quantitative estimate of drug-likeness (QED) is 0.410. The summed E-state index contributed by atoms with van der Waals surface area (Å²) in [5, 5.41) is 15.3. The highest BCUT2D eigenvalue weighted by atomic mass is 15.3. The Morgan fingerprint density at radius 2 is 1.92 bits per heavy atom. The van der Waals surface area contributed by atoms with Gasteiger partial charge in [0.2, 0.25) is 0 Å². The lowest BCUT2D eigenvalue weighted by Crippen LogP contribution is -2.39. The molecular weight excluding hydrogens is 324 g/mol. The second-order valence-electron chi connectivity index (χ2n) is 6.65. The molecule has 2 aromatic rings. The molecule has 2 rings (SSSR count). The summed E-state index contributed by atoms with van der Waals surface area (Å²) in [6, 6.07) is 10.6. The molecule has 142 valence electrons. The standard InChI is InChI=1S/C20H32N6/c1-5-6-7-11-14-21-20(22-15-19-25-24-17(3)26(19)4)23-16(2)18-12-9-8-10-13-18/h8-10,12-13,16H,5-7,11,14-15H2,1-4H3,(H2,21,22,23). The second-order valence-corrected chi connectivity index (χ2v) is 6.65. The number of hydrogen-bond acceptors (Lipinski definition) is 3. The molecule has 0 saturated carbocycles. The van der Waals surface area contributed by atoms with E-state index in [0.29, 0.717) is 6.54 Å². The number of aryl methyl sites for hydroxylation is 1. The van der Waals surface area contributed by atoms with E-state index in [9.17, 15) is 0 Å².